The van der Waals surface area contributed by atoms with Crippen LogP contribution in [-0.2, 0) is 18.9 Å². The first kappa shape index (κ1) is 28.4. The number of carbonyl (C=O) groups excluding carboxylic acids is 2. The molecule has 1 aliphatic heterocycles. The van der Waals surface area contributed by atoms with Gasteiger partial charge in [0.15, 0.2) is 0 Å². The minimum absolute atomic E-state index is 0.0297. The molecule has 0 bridgehead atoms. The molecule has 0 unspecified atom stereocenters. The maximum Gasteiger partial charge on any atom is 0.457 e. The van der Waals surface area contributed by atoms with Crippen molar-refractivity contribution in [1.29, 1.82) is 0 Å². The van der Waals surface area contributed by atoms with Gasteiger partial charge in [-0.3, -0.25) is 9.59 Å². The van der Waals surface area contributed by atoms with Crippen molar-refractivity contribution in [3.8, 4) is 0 Å². The zero-order valence-corrected chi connectivity index (χ0v) is 23.1. The van der Waals surface area contributed by atoms with E-state index in [1.54, 1.807) is 0 Å². The van der Waals surface area contributed by atoms with Gasteiger partial charge in [0.2, 0.25) is 11.8 Å². The van der Waals surface area contributed by atoms with Crippen LogP contribution in [0.15, 0.2) is 0 Å². The van der Waals surface area contributed by atoms with Crippen molar-refractivity contribution >= 4 is 18.9 Å². The fraction of sp³-hybridized carbons (Fsp3) is 0.923. The molecule has 0 aromatic rings. The summed E-state index contributed by atoms with van der Waals surface area (Å²) in [6, 6.07) is 0.337. The Hall–Kier alpha value is -1.16. The van der Waals surface area contributed by atoms with Gasteiger partial charge >= 0.3 is 7.12 Å². The summed E-state index contributed by atoms with van der Waals surface area (Å²) in [5.74, 6) is 0.477. The third-order valence-corrected chi connectivity index (χ3v) is 8.58. The first-order chi connectivity index (χ1) is 16.1. The van der Waals surface area contributed by atoms with Gasteiger partial charge in [-0.2, -0.15) is 0 Å². The zero-order chi connectivity index (χ0) is 26.2. The van der Waals surface area contributed by atoms with Crippen LogP contribution in [-0.4, -0.2) is 65.5 Å². The van der Waals surface area contributed by atoms with Crippen molar-refractivity contribution < 1.29 is 24.0 Å². The van der Waals surface area contributed by atoms with Crippen molar-refractivity contribution in [2.24, 2.45) is 17.8 Å². The summed E-state index contributed by atoms with van der Waals surface area (Å²) in [4.78, 5) is 26.2. The molecule has 2 amide bonds. The van der Waals surface area contributed by atoms with Crippen LogP contribution < -0.4 is 16.0 Å². The molecule has 3 aliphatic rings. The molecule has 8 nitrogen and oxygen atoms in total. The molecule has 2 aliphatic carbocycles. The summed E-state index contributed by atoms with van der Waals surface area (Å²) in [5.41, 5.74) is -2.02. The smallest absolute Gasteiger partial charge is 0.403 e. The lowest BCUT2D eigenvalue weighted by atomic mass is 9.74. The predicted molar refractivity (Wildman–Crippen MR) is 138 cm³/mol. The second-order valence-electron chi connectivity index (χ2n) is 13.1. The number of aliphatic hydroxyl groups excluding tert-OH is 1. The van der Waals surface area contributed by atoms with Crippen LogP contribution >= 0.6 is 0 Å². The topological polar surface area (TPSA) is 109 Å². The highest BCUT2D eigenvalue weighted by atomic mass is 16.7. The molecule has 3 rings (SSSR count). The SMILES string of the molecule is CC(=O)N[C@@]1(C(=O)NC(C)(C)C)C[C@H]2C[C@@H](NCCO)C[C@H]2[C@@H]1CCCB1OC(C)(C)C(C)(C)O1. The van der Waals surface area contributed by atoms with E-state index >= 15 is 0 Å². The van der Waals surface area contributed by atoms with E-state index in [0.29, 0.717) is 30.8 Å². The Morgan fingerprint density at radius 3 is 2.26 bits per heavy atom. The highest BCUT2D eigenvalue weighted by Crippen LogP contribution is 2.54. The van der Waals surface area contributed by atoms with Crippen LogP contribution in [0.3, 0.4) is 0 Å². The molecule has 0 aromatic heterocycles. The first-order valence-electron chi connectivity index (χ1n) is 13.4. The van der Waals surface area contributed by atoms with E-state index in [-0.39, 0.29) is 42.7 Å². The van der Waals surface area contributed by atoms with E-state index in [0.717, 1.165) is 32.0 Å². The standard InChI is InChI=1S/C26H48BN3O5/c1-17(32)29-26(22(33)30-23(2,3)4)16-18-14-19(28-12-13-31)15-20(18)21(26)10-9-11-27-34-24(5,6)25(7,8)35-27/h18-21,28,31H,9-16H2,1-8H3,(H,29,32)(H,30,33)/t18-,19-,20-,21+,26+/m1/s1. The van der Waals surface area contributed by atoms with Crippen LogP contribution in [0.1, 0.15) is 87.5 Å². The Morgan fingerprint density at radius 1 is 1.09 bits per heavy atom. The van der Waals surface area contributed by atoms with Gasteiger partial charge in [0.25, 0.3) is 0 Å². The van der Waals surface area contributed by atoms with Gasteiger partial charge in [-0.1, -0.05) is 6.42 Å². The normalized spacial score (nSPS) is 33.6. The Labute approximate surface area is 212 Å². The number of hydrogen-bond acceptors (Lipinski definition) is 6. The number of hydrogen-bond donors (Lipinski definition) is 4. The van der Waals surface area contributed by atoms with Gasteiger partial charge in [0.05, 0.1) is 17.8 Å². The Bertz CT molecular complexity index is 767. The van der Waals surface area contributed by atoms with Gasteiger partial charge in [-0.25, -0.2) is 0 Å². The third kappa shape index (κ3) is 6.23. The van der Waals surface area contributed by atoms with E-state index in [1.165, 1.54) is 6.92 Å². The summed E-state index contributed by atoms with van der Waals surface area (Å²) in [7, 11) is -0.265. The monoisotopic (exact) mass is 493 g/mol. The van der Waals surface area contributed by atoms with Gasteiger partial charge in [0, 0.05) is 25.0 Å². The van der Waals surface area contributed by atoms with Crippen LogP contribution in [0, 0.1) is 17.8 Å². The first-order valence-corrected chi connectivity index (χ1v) is 13.4. The number of amides is 2. The second kappa shape index (κ2) is 10.3. The van der Waals surface area contributed by atoms with E-state index in [4.69, 9.17) is 9.31 Å². The fourth-order valence-electron chi connectivity index (χ4n) is 6.53. The number of fused-ring (bicyclic) bond motifs is 1. The molecule has 5 atom stereocenters. The average molecular weight is 493 g/mol. The molecule has 200 valence electrons. The summed E-state index contributed by atoms with van der Waals surface area (Å²) < 4.78 is 12.4. The Kier molecular flexibility index (Phi) is 8.37. The van der Waals surface area contributed by atoms with Crippen molar-refractivity contribution in [1.82, 2.24) is 16.0 Å². The maximum absolute atomic E-state index is 13.8. The number of rotatable bonds is 9. The molecule has 0 aromatic carbocycles. The minimum atomic E-state index is -0.910. The molecule has 4 N–H and O–H groups in total. The van der Waals surface area contributed by atoms with Crippen LogP contribution in [0.4, 0.5) is 0 Å². The Morgan fingerprint density at radius 2 is 1.71 bits per heavy atom. The zero-order valence-electron chi connectivity index (χ0n) is 23.1. The molecule has 1 saturated heterocycles. The second-order valence-corrected chi connectivity index (χ2v) is 13.1. The predicted octanol–water partition coefficient (Wildman–Crippen LogP) is 2.65. The molecule has 9 heteroatoms. The van der Waals surface area contributed by atoms with E-state index < -0.39 is 11.1 Å². The molecule has 1 heterocycles. The van der Waals surface area contributed by atoms with Crippen molar-refractivity contribution in [3.05, 3.63) is 0 Å². The van der Waals surface area contributed by atoms with Crippen LogP contribution in [0.25, 0.3) is 0 Å². The molecular formula is C26H48BN3O5. The fourth-order valence-corrected chi connectivity index (χ4v) is 6.53. The molecular weight excluding hydrogens is 445 g/mol. The molecule has 0 radical (unpaired) electrons. The van der Waals surface area contributed by atoms with Crippen molar-refractivity contribution in [2.45, 2.75) is 122 Å². The van der Waals surface area contributed by atoms with Crippen molar-refractivity contribution in [2.75, 3.05) is 13.2 Å². The number of aliphatic hydroxyl groups is 1. The average Bonchev–Trinajstić information content (AvgIpc) is 3.26. The lowest BCUT2D eigenvalue weighted by molar-refractivity contribution is -0.136. The summed E-state index contributed by atoms with van der Waals surface area (Å²) in [6.07, 6.45) is 4.99. The highest BCUT2D eigenvalue weighted by molar-refractivity contribution is 6.45. The van der Waals surface area contributed by atoms with Crippen LogP contribution in [0.5, 0.6) is 0 Å². The van der Waals surface area contributed by atoms with Gasteiger partial charge < -0.3 is 30.4 Å². The minimum Gasteiger partial charge on any atom is -0.403 e. The number of nitrogens with one attached hydrogen (secondary N) is 3. The summed E-state index contributed by atoms with van der Waals surface area (Å²) in [6.45, 7) is 16.4. The van der Waals surface area contributed by atoms with Crippen LogP contribution in [0.2, 0.25) is 6.32 Å². The van der Waals surface area contributed by atoms with E-state index in [2.05, 4.69) is 43.6 Å². The summed E-state index contributed by atoms with van der Waals surface area (Å²) >= 11 is 0. The molecule has 35 heavy (non-hydrogen) atoms. The van der Waals surface area contributed by atoms with E-state index in [9.17, 15) is 14.7 Å². The molecule has 0 spiro atoms. The lowest BCUT2D eigenvalue weighted by Crippen LogP contribution is -2.64. The maximum atomic E-state index is 13.8. The van der Waals surface area contributed by atoms with Crippen molar-refractivity contribution in [3.63, 3.8) is 0 Å². The van der Waals surface area contributed by atoms with Gasteiger partial charge in [0.1, 0.15) is 5.54 Å². The summed E-state index contributed by atoms with van der Waals surface area (Å²) in [5, 5.41) is 19.0. The van der Waals surface area contributed by atoms with Gasteiger partial charge in [-0.05, 0) is 98.2 Å². The quantitative estimate of drug-likeness (QED) is 0.368. The Balaban J connectivity index is 1.79. The molecule has 2 saturated carbocycles. The van der Waals surface area contributed by atoms with Gasteiger partial charge in [-0.15, -0.1) is 0 Å². The third-order valence-electron chi connectivity index (χ3n) is 8.58. The highest BCUT2D eigenvalue weighted by Gasteiger charge is 2.60. The molecule has 3 fully saturated rings. The van der Waals surface area contributed by atoms with E-state index in [1.807, 2.05) is 20.8 Å². The lowest BCUT2D eigenvalue weighted by Gasteiger charge is -2.39. The number of carbonyl (C=O) groups is 2. The largest absolute Gasteiger partial charge is 0.457 e.